The highest BCUT2D eigenvalue weighted by atomic mass is 79.9. The number of aromatic nitrogens is 3. The lowest BCUT2D eigenvalue weighted by molar-refractivity contribution is -0.116. The fourth-order valence-electron chi connectivity index (χ4n) is 4.35. The van der Waals surface area contributed by atoms with Gasteiger partial charge in [0.1, 0.15) is 6.04 Å². The number of Topliss-reactive ketones (excluding diaryl/α,β-unsaturated/α-hetero) is 1. The lowest BCUT2D eigenvalue weighted by Gasteiger charge is -2.32. The maximum Gasteiger partial charge on any atom is 0.226 e. The molecule has 3 aromatic rings. The van der Waals surface area contributed by atoms with Gasteiger partial charge in [-0.2, -0.15) is 4.98 Å². The Hall–Kier alpha value is -2.73. The van der Waals surface area contributed by atoms with Gasteiger partial charge in [-0.25, -0.2) is 4.68 Å². The zero-order chi connectivity index (χ0) is 21.8. The maximum atomic E-state index is 12.9. The van der Waals surface area contributed by atoms with Crippen LogP contribution in [-0.4, -0.2) is 20.5 Å². The van der Waals surface area contributed by atoms with Crippen molar-refractivity contribution in [1.29, 1.82) is 0 Å². The predicted octanol–water partition coefficient (Wildman–Crippen LogP) is 6.03. The molecule has 31 heavy (non-hydrogen) atoms. The van der Waals surface area contributed by atoms with Gasteiger partial charge in [0.15, 0.2) is 11.6 Å². The summed E-state index contributed by atoms with van der Waals surface area (Å²) >= 11 is 3.51. The molecule has 0 radical (unpaired) electrons. The van der Waals surface area contributed by atoms with Crippen molar-refractivity contribution in [3.63, 3.8) is 0 Å². The van der Waals surface area contributed by atoms with E-state index in [4.69, 9.17) is 10.1 Å². The Kier molecular flexibility index (Phi) is 4.85. The number of carbonyl (C=O) groups is 1. The maximum absolute atomic E-state index is 12.9. The van der Waals surface area contributed by atoms with Crippen LogP contribution in [0, 0.1) is 0 Å². The standard InChI is InChI=1S/C25H25BrN4O/c1-25(2,3)17-11-7-16(8-12-17)23-28-24-27-19-5-4-6-20(31)21(19)22(30(24)29-23)15-9-13-18(26)14-10-15/h7-14,22H,4-6H2,1-3H3,(H,27,28,29). The van der Waals surface area contributed by atoms with Crippen molar-refractivity contribution < 1.29 is 4.79 Å². The van der Waals surface area contributed by atoms with Gasteiger partial charge in [0, 0.05) is 27.7 Å². The molecule has 5 rings (SSSR count). The normalized spacial score (nSPS) is 18.5. The van der Waals surface area contributed by atoms with E-state index in [0.29, 0.717) is 18.2 Å². The number of rotatable bonds is 2. The lowest BCUT2D eigenvalue weighted by Crippen LogP contribution is -2.31. The van der Waals surface area contributed by atoms with Crippen molar-refractivity contribution >= 4 is 27.7 Å². The highest BCUT2D eigenvalue weighted by molar-refractivity contribution is 9.10. The first-order valence-corrected chi connectivity index (χ1v) is 11.5. The van der Waals surface area contributed by atoms with E-state index in [1.807, 2.05) is 16.8 Å². The Morgan fingerprint density at radius 3 is 2.42 bits per heavy atom. The van der Waals surface area contributed by atoms with Crippen LogP contribution in [0.4, 0.5) is 5.95 Å². The highest BCUT2D eigenvalue weighted by Gasteiger charge is 2.36. The Morgan fingerprint density at radius 2 is 1.74 bits per heavy atom. The molecule has 0 amide bonds. The SMILES string of the molecule is CC(C)(C)c1ccc(-c2nc3n(n2)C(c2ccc(Br)cc2)C2=C(CCCC2=O)N3)cc1. The third kappa shape index (κ3) is 3.63. The number of nitrogens with zero attached hydrogens (tertiary/aromatic N) is 3. The van der Waals surface area contributed by atoms with Crippen molar-refractivity contribution in [1.82, 2.24) is 14.8 Å². The first kappa shape index (κ1) is 20.2. The largest absolute Gasteiger partial charge is 0.328 e. The third-order valence-electron chi connectivity index (χ3n) is 6.06. The van der Waals surface area contributed by atoms with Crippen LogP contribution in [-0.2, 0) is 10.2 Å². The van der Waals surface area contributed by atoms with Crippen LogP contribution in [0.25, 0.3) is 11.4 Å². The lowest BCUT2D eigenvalue weighted by atomic mass is 9.85. The van der Waals surface area contributed by atoms with Crippen molar-refractivity contribution in [2.24, 2.45) is 0 Å². The third-order valence-corrected chi connectivity index (χ3v) is 6.59. The molecule has 1 N–H and O–H groups in total. The van der Waals surface area contributed by atoms with Gasteiger partial charge in [-0.3, -0.25) is 4.79 Å². The van der Waals surface area contributed by atoms with Crippen molar-refractivity contribution in [2.75, 3.05) is 5.32 Å². The van der Waals surface area contributed by atoms with E-state index >= 15 is 0 Å². The second-order valence-electron chi connectivity index (χ2n) is 9.28. The molecular weight excluding hydrogens is 452 g/mol. The van der Waals surface area contributed by atoms with Crippen molar-refractivity contribution in [3.8, 4) is 11.4 Å². The van der Waals surface area contributed by atoms with Crippen LogP contribution in [0.15, 0.2) is 64.3 Å². The molecule has 5 nitrogen and oxygen atoms in total. The zero-order valence-electron chi connectivity index (χ0n) is 17.9. The smallest absolute Gasteiger partial charge is 0.226 e. The first-order chi connectivity index (χ1) is 14.8. The van der Waals surface area contributed by atoms with E-state index in [1.165, 1.54) is 5.56 Å². The summed E-state index contributed by atoms with van der Waals surface area (Å²) in [4.78, 5) is 17.7. The average molecular weight is 477 g/mol. The minimum atomic E-state index is -0.262. The highest BCUT2D eigenvalue weighted by Crippen LogP contribution is 2.41. The molecule has 2 heterocycles. The van der Waals surface area contributed by atoms with Crippen LogP contribution in [0.3, 0.4) is 0 Å². The van der Waals surface area contributed by atoms with Crippen LogP contribution in [0.1, 0.15) is 57.2 Å². The number of allylic oxidation sites excluding steroid dienone is 2. The van der Waals surface area contributed by atoms with Crippen LogP contribution >= 0.6 is 15.9 Å². The summed E-state index contributed by atoms with van der Waals surface area (Å²) in [6, 6.07) is 16.3. The van der Waals surface area contributed by atoms with Gasteiger partial charge in [0.05, 0.1) is 0 Å². The molecular formula is C25H25BrN4O. The molecule has 1 atom stereocenters. The Morgan fingerprint density at radius 1 is 1.03 bits per heavy atom. The summed E-state index contributed by atoms with van der Waals surface area (Å²) in [5, 5.41) is 8.27. The number of ketones is 1. The monoisotopic (exact) mass is 476 g/mol. The summed E-state index contributed by atoms with van der Waals surface area (Å²) < 4.78 is 2.88. The minimum Gasteiger partial charge on any atom is -0.328 e. The topological polar surface area (TPSA) is 59.8 Å². The van der Waals surface area contributed by atoms with Gasteiger partial charge in [-0.1, -0.05) is 73.1 Å². The molecule has 2 aromatic carbocycles. The second-order valence-corrected chi connectivity index (χ2v) is 10.2. The minimum absolute atomic E-state index is 0.0942. The Balaban J connectivity index is 1.60. The number of nitrogens with one attached hydrogen (secondary N) is 1. The van der Waals surface area contributed by atoms with Crippen LogP contribution in [0.2, 0.25) is 0 Å². The van der Waals surface area contributed by atoms with E-state index in [1.54, 1.807) is 0 Å². The molecule has 158 valence electrons. The van der Waals surface area contributed by atoms with Crippen LogP contribution in [0.5, 0.6) is 0 Å². The molecule has 1 aliphatic carbocycles. The van der Waals surface area contributed by atoms with E-state index in [9.17, 15) is 4.79 Å². The summed E-state index contributed by atoms with van der Waals surface area (Å²) in [6.45, 7) is 6.61. The zero-order valence-corrected chi connectivity index (χ0v) is 19.5. The number of fused-ring (bicyclic) bond motifs is 1. The molecule has 0 saturated heterocycles. The van der Waals surface area contributed by atoms with E-state index in [-0.39, 0.29) is 17.2 Å². The molecule has 0 spiro atoms. The van der Waals surface area contributed by atoms with Gasteiger partial charge in [-0.05, 0) is 41.5 Å². The number of hydrogen-bond acceptors (Lipinski definition) is 4. The summed E-state index contributed by atoms with van der Waals surface area (Å²) in [5.41, 5.74) is 5.17. The number of halogens is 1. The summed E-state index contributed by atoms with van der Waals surface area (Å²) in [5.74, 6) is 1.55. The fourth-order valence-corrected chi connectivity index (χ4v) is 4.62. The quantitative estimate of drug-likeness (QED) is 0.490. The van der Waals surface area contributed by atoms with Gasteiger partial charge >= 0.3 is 0 Å². The predicted molar refractivity (Wildman–Crippen MR) is 126 cm³/mol. The molecule has 0 bridgehead atoms. The van der Waals surface area contributed by atoms with E-state index in [0.717, 1.165) is 39.7 Å². The molecule has 0 fully saturated rings. The number of benzene rings is 2. The number of carbonyl (C=O) groups excluding carboxylic acids is 1. The van der Waals surface area contributed by atoms with Gasteiger partial charge in [0.2, 0.25) is 5.95 Å². The molecule has 2 aliphatic rings. The molecule has 1 unspecified atom stereocenters. The molecule has 6 heteroatoms. The van der Waals surface area contributed by atoms with Crippen molar-refractivity contribution in [3.05, 3.63) is 75.4 Å². The molecule has 1 aliphatic heterocycles. The first-order valence-electron chi connectivity index (χ1n) is 10.7. The fraction of sp³-hybridized carbons (Fsp3) is 0.320. The number of anilines is 1. The van der Waals surface area contributed by atoms with Gasteiger partial charge < -0.3 is 5.32 Å². The average Bonchev–Trinajstić information content (AvgIpc) is 3.16. The summed E-state index contributed by atoms with van der Waals surface area (Å²) in [7, 11) is 0. The van der Waals surface area contributed by atoms with Gasteiger partial charge in [0.25, 0.3) is 0 Å². The second kappa shape index (κ2) is 7.45. The molecule has 1 aromatic heterocycles. The van der Waals surface area contributed by atoms with Crippen molar-refractivity contribution in [2.45, 2.75) is 51.5 Å². The van der Waals surface area contributed by atoms with Crippen LogP contribution < -0.4 is 5.32 Å². The number of hydrogen-bond donors (Lipinski definition) is 1. The Bertz CT molecular complexity index is 1180. The Labute approximate surface area is 190 Å². The summed E-state index contributed by atoms with van der Waals surface area (Å²) in [6.07, 6.45) is 2.31. The van der Waals surface area contributed by atoms with E-state index < -0.39 is 0 Å². The molecule has 0 saturated carbocycles. The van der Waals surface area contributed by atoms with Gasteiger partial charge in [-0.15, -0.1) is 5.10 Å². The van der Waals surface area contributed by atoms with E-state index in [2.05, 4.69) is 78.4 Å².